The molecule has 1 heterocycles. The van der Waals surface area contributed by atoms with Crippen molar-refractivity contribution < 1.29 is 23.8 Å². The molecule has 1 rings (SSSR count). The van der Waals surface area contributed by atoms with Gasteiger partial charge in [-0.05, 0) is 12.1 Å². The van der Waals surface area contributed by atoms with Crippen LogP contribution in [0.5, 0.6) is 0 Å². The Balaban J connectivity index is 2.46. The molecule has 82 valence electrons. The Morgan fingerprint density at radius 2 is 2.27 bits per heavy atom. The van der Waals surface area contributed by atoms with E-state index in [9.17, 15) is 9.59 Å². The van der Waals surface area contributed by atoms with Crippen LogP contribution in [0.25, 0.3) is 0 Å². The van der Waals surface area contributed by atoms with E-state index in [1.807, 2.05) is 0 Å². The zero-order chi connectivity index (χ0) is 11.3. The molecule has 1 aromatic rings. The van der Waals surface area contributed by atoms with Gasteiger partial charge in [-0.3, -0.25) is 4.79 Å². The van der Waals surface area contributed by atoms with Gasteiger partial charge in [-0.1, -0.05) is 0 Å². The highest BCUT2D eigenvalue weighted by Gasteiger charge is 2.11. The van der Waals surface area contributed by atoms with Crippen molar-refractivity contribution in [1.29, 1.82) is 0 Å². The minimum Gasteiger partial charge on any atom is -0.481 e. The Hall–Kier alpha value is -1.43. The van der Waals surface area contributed by atoms with Gasteiger partial charge >= 0.3 is 11.9 Å². The first-order valence-corrected chi connectivity index (χ1v) is 5.25. The van der Waals surface area contributed by atoms with Crippen LogP contribution < -0.4 is 0 Å². The Bertz CT molecular complexity index is 357. The van der Waals surface area contributed by atoms with E-state index in [0.717, 1.165) is 0 Å². The molecule has 1 aromatic heterocycles. The number of aliphatic carboxylic acids is 1. The molecule has 0 aromatic carbocycles. The molecule has 1 N–H and O–H groups in total. The average Bonchev–Trinajstić information content (AvgIpc) is 2.65. The molecule has 0 spiro atoms. The molecular formula is C9H10O5S. The summed E-state index contributed by atoms with van der Waals surface area (Å²) in [4.78, 5) is 21.2. The van der Waals surface area contributed by atoms with Gasteiger partial charge in [-0.2, -0.15) is 0 Å². The molecule has 6 heteroatoms. The summed E-state index contributed by atoms with van der Waals surface area (Å²) in [5, 5.41) is 8.40. The highest BCUT2D eigenvalue weighted by atomic mass is 32.2. The molecule has 0 saturated carbocycles. The van der Waals surface area contributed by atoms with Crippen LogP contribution in [-0.2, 0) is 15.3 Å². The fraction of sp³-hybridized carbons (Fsp3) is 0.333. The number of methoxy groups -OCH3 is 1. The maximum absolute atomic E-state index is 11.0. The molecule has 0 saturated heterocycles. The number of esters is 1. The van der Waals surface area contributed by atoms with Gasteiger partial charge in [0.1, 0.15) is 5.76 Å². The first kappa shape index (κ1) is 11.6. The normalized spacial score (nSPS) is 9.93. The summed E-state index contributed by atoms with van der Waals surface area (Å²) in [6.45, 7) is 0. The quantitative estimate of drug-likeness (QED) is 0.770. The van der Waals surface area contributed by atoms with Crippen LogP contribution in [0.15, 0.2) is 16.5 Å². The van der Waals surface area contributed by atoms with E-state index < -0.39 is 11.9 Å². The van der Waals surface area contributed by atoms with E-state index in [1.54, 1.807) is 6.07 Å². The molecule has 0 aliphatic carbocycles. The first-order valence-electron chi connectivity index (χ1n) is 4.10. The number of carbonyl (C=O) groups is 2. The highest BCUT2D eigenvalue weighted by Crippen LogP contribution is 2.15. The third-order valence-electron chi connectivity index (χ3n) is 1.52. The van der Waals surface area contributed by atoms with Crippen LogP contribution in [-0.4, -0.2) is 29.9 Å². The SMILES string of the molecule is COC(=O)c1ccc(CSCC(=O)O)o1. The zero-order valence-electron chi connectivity index (χ0n) is 8.06. The van der Waals surface area contributed by atoms with Gasteiger partial charge in [0, 0.05) is 0 Å². The van der Waals surface area contributed by atoms with Crippen molar-refractivity contribution in [3.63, 3.8) is 0 Å². The van der Waals surface area contributed by atoms with Crippen LogP contribution >= 0.6 is 11.8 Å². The Morgan fingerprint density at radius 1 is 1.53 bits per heavy atom. The number of thioether (sulfide) groups is 1. The largest absolute Gasteiger partial charge is 0.481 e. The lowest BCUT2D eigenvalue weighted by molar-refractivity contribution is -0.133. The van der Waals surface area contributed by atoms with Gasteiger partial charge in [-0.15, -0.1) is 11.8 Å². The summed E-state index contributed by atoms with van der Waals surface area (Å²) in [6.07, 6.45) is 0. The second kappa shape index (κ2) is 5.45. The van der Waals surface area contributed by atoms with Crippen molar-refractivity contribution in [1.82, 2.24) is 0 Å². The summed E-state index contributed by atoms with van der Waals surface area (Å²) in [6, 6.07) is 3.13. The van der Waals surface area contributed by atoms with Crippen molar-refractivity contribution >= 4 is 23.7 Å². The van der Waals surface area contributed by atoms with Crippen molar-refractivity contribution in [3.05, 3.63) is 23.7 Å². The summed E-state index contributed by atoms with van der Waals surface area (Å²) >= 11 is 1.20. The zero-order valence-corrected chi connectivity index (χ0v) is 8.87. The number of carboxylic acids is 1. The van der Waals surface area contributed by atoms with E-state index in [4.69, 9.17) is 9.52 Å². The van der Waals surface area contributed by atoms with E-state index in [2.05, 4.69) is 4.74 Å². The van der Waals surface area contributed by atoms with Gasteiger partial charge in [-0.25, -0.2) is 4.79 Å². The van der Waals surface area contributed by atoms with E-state index >= 15 is 0 Å². The Labute approximate surface area is 90.4 Å². The van der Waals surface area contributed by atoms with E-state index in [1.165, 1.54) is 24.9 Å². The fourth-order valence-electron chi connectivity index (χ4n) is 0.905. The predicted molar refractivity (Wildman–Crippen MR) is 53.8 cm³/mol. The van der Waals surface area contributed by atoms with Crippen LogP contribution in [0.1, 0.15) is 16.3 Å². The van der Waals surface area contributed by atoms with Gasteiger partial charge in [0.15, 0.2) is 0 Å². The van der Waals surface area contributed by atoms with Gasteiger partial charge in [0.05, 0.1) is 18.6 Å². The van der Waals surface area contributed by atoms with E-state index in [0.29, 0.717) is 11.5 Å². The molecule has 0 amide bonds. The molecule has 0 aliphatic rings. The topological polar surface area (TPSA) is 76.7 Å². The standard InChI is InChI=1S/C9H10O5S/c1-13-9(12)7-3-2-6(14-7)4-15-5-8(10)11/h2-3H,4-5H2,1H3,(H,10,11). The molecule has 0 radical (unpaired) electrons. The molecule has 0 bridgehead atoms. The summed E-state index contributed by atoms with van der Waals surface area (Å²) < 4.78 is 9.59. The lowest BCUT2D eigenvalue weighted by Crippen LogP contribution is -1.99. The molecule has 0 atom stereocenters. The number of carboxylic acid groups (broad SMARTS) is 1. The third-order valence-corrected chi connectivity index (χ3v) is 2.46. The summed E-state index contributed by atoms with van der Waals surface area (Å²) in [5.41, 5.74) is 0. The van der Waals surface area contributed by atoms with Crippen LogP contribution in [0.4, 0.5) is 0 Å². The second-order valence-corrected chi connectivity index (χ2v) is 3.63. The molecular weight excluding hydrogens is 220 g/mol. The maximum atomic E-state index is 11.0. The summed E-state index contributed by atoms with van der Waals surface area (Å²) in [7, 11) is 1.27. The maximum Gasteiger partial charge on any atom is 0.373 e. The smallest absolute Gasteiger partial charge is 0.373 e. The second-order valence-electron chi connectivity index (χ2n) is 2.64. The number of ether oxygens (including phenoxy) is 1. The fourth-order valence-corrected chi connectivity index (χ4v) is 1.54. The Morgan fingerprint density at radius 3 is 2.87 bits per heavy atom. The lowest BCUT2D eigenvalue weighted by Gasteiger charge is -1.95. The van der Waals surface area contributed by atoms with E-state index in [-0.39, 0.29) is 11.5 Å². The Kier molecular flexibility index (Phi) is 4.23. The molecule has 0 aliphatic heterocycles. The van der Waals surface area contributed by atoms with Crippen molar-refractivity contribution in [2.75, 3.05) is 12.9 Å². The first-order chi connectivity index (χ1) is 7.13. The van der Waals surface area contributed by atoms with Crippen LogP contribution in [0.2, 0.25) is 0 Å². The summed E-state index contributed by atoms with van der Waals surface area (Å²) in [5.74, 6) is -0.299. The minimum atomic E-state index is -0.875. The number of furan rings is 1. The number of hydrogen-bond acceptors (Lipinski definition) is 5. The molecule has 0 fully saturated rings. The van der Waals surface area contributed by atoms with Crippen molar-refractivity contribution in [2.24, 2.45) is 0 Å². The van der Waals surface area contributed by atoms with Crippen LogP contribution in [0, 0.1) is 0 Å². The van der Waals surface area contributed by atoms with Crippen molar-refractivity contribution in [2.45, 2.75) is 5.75 Å². The predicted octanol–water partition coefficient (Wildman–Crippen LogP) is 1.38. The number of rotatable bonds is 5. The third kappa shape index (κ3) is 3.67. The lowest BCUT2D eigenvalue weighted by atomic mass is 10.4. The van der Waals surface area contributed by atoms with Gasteiger partial charge < -0.3 is 14.3 Å². The minimum absolute atomic E-state index is 0.00819. The van der Waals surface area contributed by atoms with Crippen LogP contribution in [0.3, 0.4) is 0 Å². The number of carbonyl (C=O) groups excluding carboxylic acids is 1. The van der Waals surface area contributed by atoms with Gasteiger partial charge in [0.25, 0.3) is 0 Å². The van der Waals surface area contributed by atoms with Crippen molar-refractivity contribution in [3.8, 4) is 0 Å². The molecule has 5 nitrogen and oxygen atoms in total. The monoisotopic (exact) mass is 230 g/mol. The molecule has 15 heavy (non-hydrogen) atoms. The number of hydrogen-bond donors (Lipinski definition) is 1. The highest BCUT2D eigenvalue weighted by molar-refractivity contribution is 7.99. The molecule has 0 unspecified atom stereocenters. The van der Waals surface area contributed by atoms with Gasteiger partial charge in [0.2, 0.25) is 5.76 Å². The average molecular weight is 230 g/mol.